The van der Waals surface area contributed by atoms with Crippen molar-refractivity contribution in [3.05, 3.63) is 49.2 Å². The van der Waals surface area contributed by atoms with E-state index in [1.54, 1.807) is 12.4 Å². The lowest BCUT2D eigenvalue weighted by Gasteiger charge is -2.21. The summed E-state index contributed by atoms with van der Waals surface area (Å²) < 4.78 is 8.13. The maximum atomic E-state index is 6.08. The lowest BCUT2D eigenvalue weighted by molar-refractivity contribution is 0.329. The molecule has 0 bridgehead atoms. The van der Waals surface area contributed by atoms with Crippen LogP contribution in [0, 0.1) is 0 Å². The first-order valence-electron chi connectivity index (χ1n) is 9.42. The van der Waals surface area contributed by atoms with Crippen LogP contribution < -0.4 is 5.73 Å². The number of rotatable bonds is 3. The number of aromatic nitrogens is 4. The summed E-state index contributed by atoms with van der Waals surface area (Å²) in [5.41, 5.74) is 9.62. The predicted octanol–water partition coefficient (Wildman–Crippen LogP) is 4.84. The smallest absolute Gasteiger partial charge is 0.177 e. The highest BCUT2D eigenvalue weighted by Crippen LogP contribution is 2.37. The van der Waals surface area contributed by atoms with E-state index < -0.39 is 0 Å². The van der Waals surface area contributed by atoms with Gasteiger partial charge in [-0.3, -0.25) is 9.67 Å². The van der Waals surface area contributed by atoms with E-state index in [4.69, 9.17) is 10.2 Å². The zero-order chi connectivity index (χ0) is 18.2. The Morgan fingerprint density at radius 3 is 2.78 bits per heavy atom. The Morgan fingerprint density at radius 1 is 1.07 bits per heavy atom. The highest BCUT2D eigenvalue weighted by atomic mass is 16.3. The normalized spacial score (nSPS) is 15.4. The van der Waals surface area contributed by atoms with E-state index >= 15 is 0 Å². The SMILES string of the molecule is Nc1ncc(-c2cnn(C3CCCCC3)c2)c2cc(-c3cccnc3)oc12. The summed E-state index contributed by atoms with van der Waals surface area (Å²) >= 11 is 0. The van der Waals surface area contributed by atoms with Crippen molar-refractivity contribution in [3.8, 4) is 22.5 Å². The molecule has 0 amide bonds. The van der Waals surface area contributed by atoms with Crippen molar-refractivity contribution < 1.29 is 4.42 Å². The van der Waals surface area contributed by atoms with Gasteiger partial charge in [-0.2, -0.15) is 5.10 Å². The molecule has 0 aliphatic heterocycles. The zero-order valence-corrected chi connectivity index (χ0v) is 15.0. The standard InChI is InChI=1S/C21H21N5O/c22-21-20-17(9-19(27-20)14-5-4-8-23-10-14)18(12-24-21)15-11-25-26(13-15)16-6-2-1-3-7-16/h4-5,8-13,16H,1-3,6-7H2,(H2,22,24). The van der Waals surface area contributed by atoms with E-state index in [0.29, 0.717) is 17.4 Å². The fraction of sp³-hybridized carbons (Fsp3) is 0.286. The van der Waals surface area contributed by atoms with Gasteiger partial charge in [0.15, 0.2) is 11.4 Å². The molecule has 0 spiro atoms. The molecule has 0 aromatic carbocycles. The number of nitrogens with zero attached hydrogens (tertiary/aromatic N) is 4. The van der Waals surface area contributed by atoms with Crippen LogP contribution in [0.1, 0.15) is 38.1 Å². The van der Waals surface area contributed by atoms with Gasteiger partial charge in [0.1, 0.15) is 5.76 Å². The highest BCUT2D eigenvalue weighted by molar-refractivity contribution is 6.00. The fourth-order valence-corrected chi connectivity index (χ4v) is 3.95. The quantitative estimate of drug-likeness (QED) is 0.566. The van der Waals surface area contributed by atoms with Gasteiger partial charge in [0.2, 0.25) is 0 Å². The van der Waals surface area contributed by atoms with Crippen LogP contribution in [0.25, 0.3) is 33.4 Å². The van der Waals surface area contributed by atoms with Crippen LogP contribution in [-0.2, 0) is 0 Å². The van der Waals surface area contributed by atoms with Gasteiger partial charge in [-0.15, -0.1) is 0 Å². The lowest BCUT2D eigenvalue weighted by Crippen LogP contribution is -2.12. The average Bonchev–Trinajstić information content (AvgIpc) is 3.38. The molecule has 0 atom stereocenters. The summed E-state index contributed by atoms with van der Waals surface area (Å²) in [4.78, 5) is 8.51. The summed E-state index contributed by atoms with van der Waals surface area (Å²) in [5.74, 6) is 1.13. The summed E-state index contributed by atoms with van der Waals surface area (Å²) in [7, 11) is 0. The molecular weight excluding hydrogens is 338 g/mol. The molecule has 4 aromatic heterocycles. The first-order chi connectivity index (χ1) is 13.3. The number of pyridine rings is 2. The third-order valence-corrected chi connectivity index (χ3v) is 5.40. The van der Waals surface area contributed by atoms with Crippen LogP contribution in [0.2, 0.25) is 0 Å². The number of hydrogen-bond donors (Lipinski definition) is 1. The van der Waals surface area contributed by atoms with Crippen LogP contribution in [0.3, 0.4) is 0 Å². The average molecular weight is 359 g/mol. The van der Waals surface area contributed by atoms with Gasteiger partial charge >= 0.3 is 0 Å². The molecule has 1 fully saturated rings. The number of hydrogen-bond acceptors (Lipinski definition) is 5. The molecule has 0 saturated heterocycles. The minimum absolute atomic E-state index is 0.392. The molecule has 1 aliphatic rings. The number of furan rings is 1. The van der Waals surface area contributed by atoms with Gasteiger partial charge in [0, 0.05) is 46.9 Å². The van der Waals surface area contributed by atoms with E-state index in [2.05, 4.69) is 25.9 Å². The number of fused-ring (bicyclic) bond motifs is 1. The molecule has 4 heterocycles. The summed E-state index contributed by atoms with van der Waals surface area (Å²) in [6.45, 7) is 0. The maximum absolute atomic E-state index is 6.08. The largest absolute Gasteiger partial charge is 0.452 e. The summed E-state index contributed by atoms with van der Waals surface area (Å²) in [6.07, 6.45) is 15.7. The molecule has 1 saturated carbocycles. The van der Waals surface area contributed by atoms with Crippen molar-refractivity contribution in [2.75, 3.05) is 5.73 Å². The van der Waals surface area contributed by atoms with Crippen molar-refractivity contribution in [2.24, 2.45) is 0 Å². The summed E-state index contributed by atoms with van der Waals surface area (Å²) in [6, 6.07) is 6.37. The second-order valence-electron chi connectivity index (χ2n) is 7.15. The number of nitrogens with two attached hydrogens (primary N) is 1. The van der Waals surface area contributed by atoms with Crippen LogP contribution >= 0.6 is 0 Å². The Labute approximate surface area is 157 Å². The molecule has 1 aliphatic carbocycles. The second kappa shape index (κ2) is 6.54. The van der Waals surface area contributed by atoms with Gasteiger partial charge in [0.05, 0.1) is 12.2 Å². The first kappa shape index (κ1) is 16.1. The minimum atomic E-state index is 0.392. The van der Waals surface area contributed by atoms with E-state index in [1.165, 1.54) is 32.1 Å². The van der Waals surface area contributed by atoms with Crippen molar-refractivity contribution in [3.63, 3.8) is 0 Å². The van der Waals surface area contributed by atoms with E-state index in [9.17, 15) is 0 Å². The zero-order valence-electron chi connectivity index (χ0n) is 15.0. The van der Waals surface area contributed by atoms with E-state index in [-0.39, 0.29) is 0 Å². The van der Waals surface area contributed by atoms with Crippen molar-refractivity contribution >= 4 is 16.8 Å². The third-order valence-electron chi connectivity index (χ3n) is 5.40. The summed E-state index contributed by atoms with van der Waals surface area (Å²) in [5, 5.41) is 5.58. The van der Waals surface area contributed by atoms with Gasteiger partial charge in [-0.25, -0.2) is 4.98 Å². The van der Waals surface area contributed by atoms with Gasteiger partial charge < -0.3 is 10.2 Å². The van der Waals surface area contributed by atoms with Gasteiger partial charge in [-0.1, -0.05) is 19.3 Å². The van der Waals surface area contributed by atoms with Crippen LogP contribution in [0.4, 0.5) is 5.82 Å². The van der Waals surface area contributed by atoms with Crippen LogP contribution in [0.15, 0.2) is 53.6 Å². The van der Waals surface area contributed by atoms with Crippen molar-refractivity contribution in [1.29, 1.82) is 0 Å². The number of anilines is 1. The molecule has 6 heteroatoms. The van der Waals surface area contributed by atoms with Crippen molar-refractivity contribution in [1.82, 2.24) is 19.7 Å². The fourth-order valence-electron chi connectivity index (χ4n) is 3.95. The lowest BCUT2D eigenvalue weighted by atomic mass is 9.96. The van der Waals surface area contributed by atoms with E-state index in [1.807, 2.05) is 30.6 Å². The molecular formula is C21H21N5O. The molecule has 0 radical (unpaired) electrons. The van der Waals surface area contributed by atoms with E-state index in [0.717, 1.165) is 27.8 Å². The Kier molecular flexibility index (Phi) is 3.89. The Bertz CT molecular complexity index is 1080. The molecule has 6 nitrogen and oxygen atoms in total. The van der Waals surface area contributed by atoms with Crippen LogP contribution in [-0.4, -0.2) is 19.7 Å². The molecule has 2 N–H and O–H groups in total. The van der Waals surface area contributed by atoms with Crippen LogP contribution in [0.5, 0.6) is 0 Å². The molecule has 5 rings (SSSR count). The molecule has 27 heavy (non-hydrogen) atoms. The first-order valence-corrected chi connectivity index (χ1v) is 9.42. The molecule has 0 unspecified atom stereocenters. The topological polar surface area (TPSA) is 82.8 Å². The highest BCUT2D eigenvalue weighted by Gasteiger charge is 2.19. The second-order valence-corrected chi connectivity index (χ2v) is 7.15. The monoisotopic (exact) mass is 359 g/mol. The number of nitrogen functional groups attached to an aromatic ring is 1. The molecule has 136 valence electrons. The Balaban J connectivity index is 1.58. The van der Waals surface area contributed by atoms with Gasteiger partial charge in [0.25, 0.3) is 0 Å². The Morgan fingerprint density at radius 2 is 1.96 bits per heavy atom. The Hall–Kier alpha value is -3.15. The predicted molar refractivity (Wildman–Crippen MR) is 105 cm³/mol. The minimum Gasteiger partial charge on any atom is -0.452 e. The third kappa shape index (κ3) is 2.87. The van der Waals surface area contributed by atoms with Gasteiger partial charge in [-0.05, 0) is 31.0 Å². The molecule has 4 aromatic rings. The van der Waals surface area contributed by atoms with Crippen molar-refractivity contribution in [2.45, 2.75) is 38.1 Å². The maximum Gasteiger partial charge on any atom is 0.177 e.